The van der Waals surface area contributed by atoms with Gasteiger partial charge in [0.1, 0.15) is 0 Å². The summed E-state index contributed by atoms with van der Waals surface area (Å²) in [5.74, 6) is -1.01. The molecule has 0 atom stereocenters. The predicted molar refractivity (Wildman–Crippen MR) is 67.7 cm³/mol. The highest BCUT2D eigenvalue weighted by atomic mass is 19.3. The Kier molecular flexibility index (Phi) is 5.52. The van der Waals surface area contributed by atoms with E-state index in [1.54, 1.807) is 6.92 Å². The third kappa shape index (κ3) is 4.67. The van der Waals surface area contributed by atoms with Crippen LogP contribution in [-0.2, 0) is 9.47 Å². The Balaban J connectivity index is 3.13. The summed E-state index contributed by atoms with van der Waals surface area (Å²) in [6.45, 7) is -1.65. The number of nitrogens with one attached hydrogen (secondary N) is 2. The average Bonchev–Trinajstić information content (AvgIpc) is 2.38. The number of rotatable bonds is 5. The standard InChI is InChI=1S/C11H11F2N3O5/c1-2-20-11(17)15-8-4-3-6(16(18)19)5-7(8)9(14)21-10(12)13/h3-5,10,14H,2H2,1H3,(H,15,17). The summed E-state index contributed by atoms with van der Waals surface area (Å²) >= 11 is 0. The van der Waals surface area contributed by atoms with Gasteiger partial charge < -0.3 is 9.47 Å². The number of nitro groups is 1. The van der Waals surface area contributed by atoms with E-state index in [9.17, 15) is 23.7 Å². The number of alkyl halides is 2. The van der Waals surface area contributed by atoms with Crippen LogP contribution in [0.25, 0.3) is 0 Å². The molecule has 0 saturated carbocycles. The monoisotopic (exact) mass is 303 g/mol. The number of amides is 1. The quantitative estimate of drug-likeness (QED) is 0.375. The van der Waals surface area contributed by atoms with Gasteiger partial charge in [-0.3, -0.25) is 20.8 Å². The van der Waals surface area contributed by atoms with Gasteiger partial charge in [0.2, 0.25) is 5.90 Å². The predicted octanol–water partition coefficient (Wildman–Crippen LogP) is 2.73. The zero-order valence-electron chi connectivity index (χ0n) is 10.8. The topological polar surface area (TPSA) is 115 Å². The normalized spacial score (nSPS) is 10.1. The molecule has 0 aromatic heterocycles. The molecular formula is C11H11F2N3O5. The van der Waals surface area contributed by atoms with Crippen LogP contribution in [0, 0.1) is 15.5 Å². The largest absolute Gasteiger partial charge is 0.450 e. The first-order valence-electron chi connectivity index (χ1n) is 5.61. The Morgan fingerprint density at radius 1 is 1.52 bits per heavy atom. The fourth-order valence-electron chi connectivity index (χ4n) is 1.37. The Hall–Kier alpha value is -2.78. The van der Waals surface area contributed by atoms with Crippen LogP contribution in [0.1, 0.15) is 12.5 Å². The van der Waals surface area contributed by atoms with Crippen LogP contribution in [0.2, 0.25) is 0 Å². The second-order valence-electron chi connectivity index (χ2n) is 3.54. The lowest BCUT2D eigenvalue weighted by molar-refractivity contribution is -0.384. The number of nitro benzene ring substituents is 1. The fraction of sp³-hybridized carbons (Fsp3) is 0.273. The minimum Gasteiger partial charge on any atom is -0.450 e. The number of hydrogen-bond donors (Lipinski definition) is 2. The van der Waals surface area contributed by atoms with E-state index in [1.165, 1.54) is 0 Å². The molecule has 1 amide bonds. The van der Waals surface area contributed by atoms with Gasteiger partial charge in [0.25, 0.3) is 5.69 Å². The van der Waals surface area contributed by atoms with Gasteiger partial charge in [0.05, 0.1) is 22.8 Å². The van der Waals surface area contributed by atoms with Crippen molar-refractivity contribution in [3.8, 4) is 0 Å². The third-order valence-corrected chi connectivity index (χ3v) is 2.18. The van der Waals surface area contributed by atoms with Gasteiger partial charge in [-0.2, -0.15) is 8.78 Å². The molecule has 0 aliphatic heterocycles. The fourth-order valence-corrected chi connectivity index (χ4v) is 1.37. The van der Waals surface area contributed by atoms with Crippen LogP contribution in [0.3, 0.4) is 0 Å². The second kappa shape index (κ2) is 7.12. The summed E-state index contributed by atoms with van der Waals surface area (Å²) in [6, 6.07) is 2.97. The molecule has 0 unspecified atom stereocenters. The van der Waals surface area contributed by atoms with Crippen molar-refractivity contribution in [2.75, 3.05) is 11.9 Å². The summed E-state index contributed by atoms with van der Waals surface area (Å²) < 4.78 is 32.8. The van der Waals surface area contributed by atoms with Gasteiger partial charge in [-0.1, -0.05) is 0 Å². The van der Waals surface area contributed by atoms with E-state index >= 15 is 0 Å². The molecule has 0 bridgehead atoms. The highest BCUT2D eigenvalue weighted by Gasteiger charge is 2.19. The maximum atomic E-state index is 12.1. The molecule has 0 saturated heterocycles. The number of carbonyl (C=O) groups is 1. The Labute approximate surface area is 117 Å². The van der Waals surface area contributed by atoms with Gasteiger partial charge in [-0.15, -0.1) is 0 Å². The zero-order chi connectivity index (χ0) is 16.0. The molecule has 2 N–H and O–H groups in total. The van der Waals surface area contributed by atoms with Crippen LogP contribution in [0.4, 0.5) is 25.0 Å². The van der Waals surface area contributed by atoms with Crippen molar-refractivity contribution in [2.24, 2.45) is 0 Å². The first-order valence-corrected chi connectivity index (χ1v) is 5.61. The average molecular weight is 303 g/mol. The Morgan fingerprint density at radius 3 is 2.71 bits per heavy atom. The van der Waals surface area contributed by atoms with E-state index in [-0.39, 0.29) is 17.9 Å². The molecule has 1 rings (SSSR count). The lowest BCUT2D eigenvalue weighted by atomic mass is 10.1. The maximum Gasteiger partial charge on any atom is 0.411 e. The maximum absolute atomic E-state index is 12.1. The molecule has 21 heavy (non-hydrogen) atoms. The van der Waals surface area contributed by atoms with E-state index in [0.717, 1.165) is 18.2 Å². The van der Waals surface area contributed by atoms with Crippen molar-refractivity contribution in [1.82, 2.24) is 0 Å². The molecule has 0 spiro atoms. The summed E-state index contributed by atoms with van der Waals surface area (Å²) in [5.41, 5.74) is -0.927. The van der Waals surface area contributed by atoms with Gasteiger partial charge >= 0.3 is 12.7 Å². The first kappa shape index (κ1) is 16.3. The van der Waals surface area contributed by atoms with Crippen LogP contribution in [0.5, 0.6) is 0 Å². The lowest BCUT2D eigenvalue weighted by Gasteiger charge is -2.12. The van der Waals surface area contributed by atoms with Gasteiger partial charge in [0, 0.05) is 12.1 Å². The number of hydrogen-bond acceptors (Lipinski definition) is 6. The van der Waals surface area contributed by atoms with Gasteiger partial charge in [-0.25, -0.2) is 4.79 Å². The van der Waals surface area contributed by atoms with Crippen LogP contribution in [0.15, 0.2) is 18.2 Å². The Morgan fingerprint density at radius 2 is 2.19 bits per heavy atom. The number of nitrogens with zero attached hydrogens (tertiary/aromatic N) is 1. The molecular weight excluding hydrogens is 292 g/mol. The van der Waals surface area contributed by atoms with E-state index in [4.69, 9.17) is 5.41 Å². The summed E-state index contributed by atoms with van der Waals surface area (Å²) in [5, 5.41) is 20.2. The van der Waals surface area contributed by atoms with Crippen LogP contribution in [-0.4, -0.2) is 30.1 Å². The molecule has 1 aromatic rings. The lowest BCUT2D eigenvalue weighted by Crippen LogP contribution is -2.18. The molecule has 0 fully saturated rings. The van der Waals surface area contributed by atoms with Crippen molar-refractivity contribution < 1.29 is 28.0 Å². The smallest absolute Gasteiger partial charge is 0.411 e. The highest BCUT2D eigenvalue weighted by Crippen LogP contribution is 2.24. The number of anilines is 1. The van der Waals surface area contributed by atoms with Crippen LogP contribution < -0.4 is 5.32 Å². The minimum atomic E-state index is -3.27. The molecule has 8 nitrogen and oxygen atoms in total. The van der Waals surface area contributed by atoms with Crippen molar-refractivity contribution in [3.05, 3.63) is 33.9 Å². The van der Waals surface area contributed by atoms with E-state index in [1.807, 2.05) is 0 Å². The molecule has 0 aliphatic rings. The van der Waals surface area contributed by atoms with Crippen LogP contribution >= 0.6 is 0 Å². The summed E-state index contributed by atoms with van der Waals surface area (Å²) in [6.07, 6.45) is -0.891. The SMILES string of the molecule is CCOC(=O)Nc1ccc([N+](=O)[O-])cc1C(=N)OC(F)F. The number of ether oxygens (including phenoxy) is 2. The van der Waals surface area contributed by atoms with E-state index in [2.05, 4.69) is 14.8 Å². The molecule has 0 aliphatic carbocycles. The number of non-ortho nitro benzene ring substituents is 1. The molecule has 10 heteroatoms. The van der Waals surface area contributed by atoms with Crippen molar-refractivity contribution >= 4 is 23.4 Å². The minimum absolute atomic E-state index is 0.0686. The van der Waals surface area contributed by atoms with Gasteiger partial charge in [-0.05, 0) is 13.0 Å². The molecule has 0 heterocycles. The van der Waals surface area contributed by atoms with Crippen molar-refractivity contribution in [3.63, 3.8) is 0 Å². The Bertz CT molecular complexity index is 565. The van der Waals surface area contributed by atoms with Crippen molar-refractivity contribution in [2.45, 2.75) is 13.5 Å². The van der Waals surface area contributed by atoms with E-state index in [0.29, 0.717) is 0 Å². The van der Waals surface area contributed by atoms with Gasteiger partial charge in [0.15, 0.2) is 0 Å². The summed E-state index contributed by atoms with van der Waals surface area (Å²) in [4.78, 5) is 21.2. The third-order valence-electron chi connectivity index (χ3n) is 2.18. The number of halogens is 2. The number of carbonyl (C=O) groups excluding carboxylic acids is 1. The molecule has 0 radical (unpaired) electrons. The summed E-state index contributed by atoms with van der Waals surface area (Å²) in [7, 11) is 0. The zero-order valence-corrected chi connectivity index (χ0v) is 10.8. The highest BCUT2D eigenvalue weighted by molar-refractivity contribution is 6.01. The first-order chi connectivity index (χ1) is 9.85. The van der Waals surface area contributed by atoms with E-state index < -0.39 is 29.2 Å². The molecule has 1 aromatic carbocycles. The number of benzene rings is 1. The van der Waals surface area contributed by atoms with Crippen molar-refractivity contribution in [1.29, 1.82) is 5.41 Å². The molecule has 114 valence electrons. The second-order valence-corrected chi connectivity index (χ2v) is 3.54.